The lowest BCUT2D eigenvalue weighted by molar-refractivity contribution is 0.0108. The Morgan fingerprint density at radius 2 is 2.05 bits per heavy atom. The summed E-state index contributed by atoms with van der Waals surface area (Å²) in [6, 6.07) is 6.41. The van der Waals surface area contributed by atoms with Gasteiger partial charge in [-0.05, 0) is 24.1 Å². The number of carbonyl (C=O) groups is 2. The van der Waals surface area contributed by atoms with Crippen LogP contribution in [0.5, 0.6) is 0 Å². The van der Waals surface area contributed by atoms with Crippen molar-refractivity contribution in [2.45, 2.75) is 26.0 Å². The number of carboxylic acids is 1. The number of hydrogen-bond donors (Lipinski definition) is 2. The van der Waals surface area contributed by atoms with Crippen LogP contribution in [0, 0.1) is 5.92 Å². The van der Waals surface area contributed by atoms with E-state index in [1.807, 2.05) is 0 Å². The number of benzene rings is 1. The van der Waals surface area contributed by atoms with Gasteiger partial charge in [-0.3, -0.25) is 0 Å². The van der Waals surface area contributed by atoms with Crippen LogP contribution >= 0.6 is 0 Å². The highest BCUT2D eigenvalue weighted by Crippen LogP contribution is 2.19. The first-order valence-electron chi connectivity index (χ1n) is 7.39. The minimum absolute atomic E-state index is 0.0938. The van der Waals surface area contributed by atoms with Crippen molar-refractivity contribution in [1.29, 1.82) is 0 Å². The molecule has 1 aromatic rings. The molecule has 6 nitrogen and oxygen atoms in total. The summed E-state index contributed by atoms with van der Waals surface area (Å²) in [4.78, 5) is 24.7. The van der Waals surface area contributed by atoms with Gasteiger partial charge < -0.3 is 20.1 Å². The Hall–Kier alpha value is -2.08. The summed E-state index contributed by atoms with van der Waals surface area (Å²) in [5.74, 6) is -0.634. The van der Waals surface area contributed by atoms with Crippen LogP contribution < -0.4 is 5.32 Å². The molecule has 1 heterocycles. The summed E-state index contributed by atoms with van der Waals surface area (Å²) in [5, 5.41) is 11.7. The molecule has 1 fully saturated rings. The van der Waals surface area contributed by atoms with Crippen molar-refractivity contribution >= 4 is 12.0 Å². The standard InChI is InChI=1S/C16H22N2O4/c1-11-10-18(8-7-14(11)22-2)16(21)17-9-12-3-5-13(6-4-12)15(19)20/h3-6,11,14H,7-10H2,1-2H3,(H,17,21)(H,19,20). The smallest absolute Gasteiger partial charge is 0.335 e. The number of urea groups is 1. The van der Waals surface area contributed by atoms with Gasteiger partial charge >= 0.3 is 12.0 Å². The van der Waals surface area contributed by atoms with Gasteiger partial charge in [0, 0.05) is 32.7 Å². The van der Waals surface area contributed by atoms with E-state index < -0.39 is 5.97 Å². The molecule has 2 atom stereocenters. The van der Waals surface area contributed by atoms with Crippen LogP contribution in [-0.2, 0) is 11.3 Å². The first-order chi connectivity index (χ1) is 10.5. The Morgan fingerprint density at radius 1 is 1.36 bits per heavy atom. The molecule has 22 heavy (non-hydrogen) atoms. The van der Waals surface area contributed by atoms with Crippen molar-refractivity contribution < 1.29 is 19.4 Å². The number of nitrogens with zero attached hydrogens (tertiary/aromatic N) is 1. The lowest BCUT2D eigenvalue weighted by atomic mass is 9.97. The predicted octanol–water partition coefficient (Wildman–Crippen LogP) is 1.95. The number of rotatable bonds is 4. The van der Waals surface area contributed by atoms with Crippen LogP contribution in [0.2, 0.25) is 0 Å². The highest BCUT2D eigenvalue weighted by Gasteiger charge is 2.28. The Balaban J connectivity index is 1.84. The SMILES string of the molecule is COC1CCN(C(=O)NCc2ccc(C(=O)O)cc2)CC1C. The van der Waals surface area contributed by atoms with Crippen molar-refractivity contribution in [3.63, 3.8) is 0 Å². The molecular weight excluding hydrogens is 284 g/mol. The number of aromatic carboxylic acids is 1. The fraction of sp³-hybridized carbons (Fsp3) is 0.500. The minimum atomic E-state index is -0.953. The van der Waals surface area contributed by atoms with Crippen LogP contribution in [0.3, 0.4) is 0 Å². The minimum Gasteiger partial charge on any atom is -0.478 e. The third-order valence-electron chi connectivity index (χ3n) is 4.06. The lowest BCUT2D eigenvalue weighted by Gasteiger charge is -2.36. The average Bonchev–Trinajstić information content (AvgIpc) is 2.52. The zero-order valence-corrected chi connectivity index (χ0v) is 12.9. The maximum absolute atomic E-state index is 12.2. The first kappa shape index (κ1) is 16.3. The Labute approximate surface area is 130 Å². The van der Waals surface area contributed by atoms with E-state index in [9.17, 15) is 9.59 Å². The fourth-order valence-corrected chi connectivity index (χ4v) is 2.71. The number of amides is 2. The van der Waals surface area contributed by atoms with Crippen molar-refractivity contribution in [3.05, 3.63) is 35.4 Å². The molecule has 2 N–H and O–H groups in total. The molecule has 1 saturated heterocycles. The van der Waals surface area contributed by atoms with E-state index in [1.54, 1.807) is 24.1 Å². The normalized spacial score (nSPS) is 21.5. The maximum Gasteiger partial charge on any atom is 0.335 e. The van der Waals surface area contributed by atoms with Crippen LogP contribution in [0.15, 0.2) is 24.3 Å². The van der Waals surface area contributed by atoms with E-state index in [-0.39, 0.29) is 17.7 Å². The number of ether oxygens (including phenoxy) is 1. The zero-order valence-electron chi connectivity index (χ0n) is 12.9. The van der Waals surface area contributed by atoms with E-state index in [0.717, 1.165) is 12.0 Å². The molecule has 2 amide bonds. The molecule has 0 aromatic heterocycles. The third kappa shape index (κ3) is 3.98. The molecule has 0 spiro atoms. The highest BCUT2D eigenvalue weighted by molar-refractivity contribution is 5.87. The molecule has 120 valence electrons. The molecule has 1 aliphatic heterocycles. The molecular formula is C16H22N2O4. The van der Waals surface area contributed by atoms with Crippen molar-refractivity contribution in [1.82, 2.24) is 10.2 Å². The van der Waals surface area contributed by atoms with Gasteiger partial charge in [0.25, 0.3) is 0 Å². The summed E-state index contributed by atoms with van der Waals surface area (Å²) >= 11 is 0. The lowest BCUT2D eigenvalue weighted by Crippen LogP contribution is -2.49. The van der Waals surface area contributed by atoms with Gasteiger partial charge in [0.05, 0.1) is 11.7 Å². The van der Waals surface area contributed by atoms with Gasteiger partial charge in [-0.25, -0.2) is 9.59 Å². The number of nitrogens with one attached hydrogen (secondary N) is 1. The van der Waals surface area contributed by atoms with Crippen molar-refractivity contribution in [2.24, 2.45) is 5.92 Å². The van der Waals surface area contributed by atoms with Gasteiger partial charge in [0.2, 0.25) is 0 Å². The van der Waals surface area contributed by atoms with E-state index in [4.69, 9.17) is 9.84 Å². The molecule has 1 aliphatic rings. The quantitative estimate of drug-likeness (QED) is 0.891. The summed E-state index contributed by atoms with van der Waals surface area (Å²) < 4.78 is 5.38. The molecule has 6 heteroatoms. The van der Waals surface area contributed by atoms with Crippen molar-refractivity contribution in [3.8, 4) is 0 Å². The summed E-state index contributed by atoms with van der Waals surface area (Å²) in [7, 11) is 1.71. The topological polar surface area (TPSA) is 78.9 Å². The number of likely N-dealkylation sites (tertiary alicyclic amines) is 1. The Morgan fingerprint density at radius 3 is 2.59 bits per heavy atom. The molecule has 0 aliphatic carbocycles. The number of carbonyl (C=O) groups excluding carboxylic acids is 1. The maximum atomic E-state index is 12.2. The van der Waals surface area contributed by atoms with Crippen LogP contribution in [0.4, 0.5) is 4.79 Å². The van der Waals surface area contributed by atoms with Crippen LogP contribution in [0.25, 0.3) is 0 Å². The second-order valence-electron chi connectivity index (χ2n) is 5.65. The van der Waals surface area contributed by atoms with Gasteiger partial charge in [-0.15, -0.1) is 0 Å². The average molecular weight is 306 g/mol. The van der Waals surface area contributed by atoms with Crippen molar-refractivity contribution in [2.75, 3.05) is 20.2 Å². The third-order valence-corrected chi connectivity index (χ3v) is 4.06. The predicted molar refractivity (Wildman–Crippen MR) is 81.8 cm³/mol. The molecule has 0 saturated carbocycles. The monoisotopic (exact) mass is 306 g/mol. The van der Waals surface area contributed by atoms with E-state index in [2.05, 4.69) is 12.2 Å². The van der Waals surface area contributed by atoms with E-state index in [1.165, 1.54) is 12.1 Å². The second kappa shape index (κ2) is 7.26. The molecule has 0 radical (unpaired) electrons. The molecule has 1 aromatic carbocycles. The summed E-state index contributed by atoms with van der Waals surface area (Å²) in [6.07, 6.45) is 1.06. The fourth-order valence-electron chi connectivity index (χ4n) is 2.71. The Kier molecular flexibility index (Phi) is 5.38. The molecule has 2 unspecified atom stereocenters. The van der Waals surface area contributed by atoms with E-state index in [0.29, 0.717) is 25.6 Å². The highest BCUT2D eigenvalue weighted by atomic mass is 16.5. The second-order valence-corrected chi connectivity index (χ2v) is 5.65. The number of hydrogen-bond acceptors (Lipinski definition) is 3. The van der Waals surface area contributed by atoms with Crippen LogP contribution in [-0.4, -0.2) is 48.3 Å². The zero-order chi connectivity index (χ0) is 16.1. The van der Waals surface area contributed by atoms with Gasteiger partial charge in [0.15, 0.2) is 0 Å². The van der Waals surface area contributed by atoms with Gasteiger partial charge in [-0.2, -0.15) is 0 Å². The summed E-state index contributed by atoms with van der Waals surface area (Å²) in [5.41, 5.74) is 1.11. The number of methoxy groups -OCH3 is 1. The van der Waals surface area contributed by atoms with Gasteiger partial charge in [-0.1, -0.05) is 19.1 Å². The molecule has 0 bridgehead atoms. The largest absolute Gasteiger partial charge is 0.478 e. The number of carboxylic acid groups (broad SMARTS) is 1. The molecule has 2 rings (SSSR count). The summed E-state index contributed by atoms with van der Waals surface area (Å²) in [6.45, 7) is 3.84. The number of piperidine rings is 1. The van der Waals surface area contributed by atoms with E-state index >= 15 is 0 Å². The van der Waals surface area contributed by atoms with Gasteiger partial charge in [0.1, 0.15) is 0 Å². The Bertz CT molecular complexity index is 529. The first-order valence-corrected chi connectivity index (χ1v) is 7.39. The van der Waals surface area contributed by atoms with Crippen LogP contribution in [0.1, 0.15) is 29.3 Å².